The van der Waals surface area contributed by atoms with Gasteiger partial charge in [-0.1, -0.05) is 30.3 Å². The molecule has 0 bridgehead atoms. The number of benzene rings is 2. The average molecular weight is 392 g/mol. The van der Waals surface area contributed by atoms with E-state index >= 15 is 0 Å². The molecule has 0 radical (unpaired) electrons. The van der Waals surface area contributed by atoms with Crippen molar-refractivity contribution in [3.8, 4) is 0 Å². The Bertz CT molecular complexity index is 881. The summed E-state index contributed by atoms with van der Waals surface area (Å²) in [4.78, 5) is 28.9. The molecule has 152 valence electrons. The predicted molar refractivity (Wildman–Crippen MR) is 116 cm³/mol. The van der Waals surface area contributed by atoms with Crippen LogP contribution in [0.4, 0.5) is 11.4 Å². The molecule has 2 aromatic carbocycles. The van der Waals surface area contributed by atoms with Crippen molar-refractivity contribution in [2.75, 3.05) is 29.9 Å². The summed E-state index contributed by atoms with van der Waals surface area (Å²) in [6, 6.07) is 16.4. The van der Waals surface area contributed by atoms with E-state index in [0.29, 0.717) is 0 Å². The van der Waals surface area contributed by atoms with Gasteiger partial charge in [0.1, 0.15) is 0 Å². The van der Waals surface area contributed by atoms with Crippen LogP contribution in [0.5, 0.6) is 0 Å². The monoisotopic (exact) mass is 391 g/mol. The lowest BCUT2D eigenvalue weighted by molar-refractivity contribution is -0.121. The number of hydrogen-bond acceptors (Lipinski definition) is 3. The van der Waals surface area contributed by atoms with Crippen molar-refractivity contribution >= 4 is 23.2 Å². The van der Waals surface area contributed by atoms with Gasteiger partial charge in [0.05, 0.1) is 5.92 Å². The van der Waals surface area contributed by atoms with Crippen molar-refractivity contribution in [2.24, 2.45) is 5.92 Å². The van der Waals surface area contributed by atoms with Gasteiger partial charge in [0, 0.05) is 37.9 Å². The van der Waals surface area contributed by atoms with Crippen molar-refractivity contribution in [1.29, 1.82) is 0 Å². The van der Waals surface area contributed by atoms with Crippen LogP contribution < -0.4 is 10.2 Å². The van der Waals surface area contributed by atoms with E-state index in [2.05, 4.69) is 34.5 Å². The normalized spacial score (nSPS) is 19.5. The van der Waals surface area contributed by atoms with Crippen LogP contribution in [0.3, 0.4) is 0 Å². The largest absolute Gasteiger partial charge is 0.326 e. The minimum Gasteiger partial charge on any atom is -0.326 e. The molecule has 0 spiro atoms. The topological polar surface area (TPSA) is 52.7 Å². The van der Waals surface area contributed by atoms with E-state index in [0.717, 1.165) is 68.8 Å². The highest BCUT2D eigenvalue weighted by Gasteiger charge is 2.26. The van der Waals surface area contributed by atoms with Crippen molar-refractivity contribution in [3.05, 3.63) is 59.7 Å². The van der Waals surface area contributed by atoms with E-state index in [4.69, 9.17) is 0 Å². The summed E-state index contributed by atoms with van der Waals surface area (Å²) in [6.07, 6.45) is 3.88. The minimum atomic E-state index is 0.0113. The van der Waals surface area contributed by atoms with Gasteiger partial charge in [0.15, 0.2) is 0 Å². The summed E-state index contributed by atoms with van der Waals surface area (Å²) in [5, 5.41) is 3.12. The molecule has 2 aliphatic heterocycles. The van der Waals surface area contributed by atoms with E-state index in [9.17, 15) is 9.59 Å². The smallest absolute Gasteiger partial charge is 0.228 e. The Morgan fingerprint density at radius 2 is 1.90 bits per heavy atom. The number of rotatable bonds is 4. The first kappa shape index (κ1) is 19.6. The fourth-order valence-corrected chi connectivity index (χ4v) is 4.50. The Morgan fingerprint density at radius 1 is 1.07 bits per heavy atom. The highest BCUT2D eigenvalue weighted by atomic mass is 16.2. The maximum Gasteiger partial charge on any atom is 0.228 e. The van der Waals surface area contributed by atoms with Crippen LogP contribution in [0.15, 0.2) is 48.5 Å². The molecule has 0 aliphatic carbocycles. The van der Waals surface area contributed by atoms with E-state index < -0.39 is 0 Å². The zero-order valence-corrected chi connectivity index (χ0v) is 17.1. The van der Waals surface area contributed by atoms with Crippen LogP contribution in [0.25, 0.3) is 0 Å². The van der Waals surface area contributed by atoms with Crippen LogP contribution in [-0.2, 0) is 22.6 Å². The standard InChI is InChI=1S/C24H29N3O2/c1-18(28)27-14-6-9-20-15-22(11-12-23(20)27)25-24(29)21-10-5-13-26(17-21)16-19-7-3-2-4-8-19/h2-4,7-8,11-12,15,21H,5-6,9-10,13-14,16-17H2,1H3,(H,25,29)/t21-/m0/s1. The number of likely N-dealkylation sites (tertiary alicyclic amines) is 1. The third-order valence-corrected chi connectivity index (χ3v) is 5.97. The molecule has 2 heterocycles. The Labute approximate surface area is 172 Å². The van der Waals surface area contributed by atoms with Gasteiger partial charge in [-0.15, -0.1) is 0 Å². The Kier molecular flexibility index (Phi) is 5.95. The lowest BCUT2D eigenvalue weighted by atomic mass is 9.96. The van der Waals surface area contributed by atoms with E-state index in [1.165, 1.54) is 5.56 Å². The van der Waals surface area contributed by atoms with Crippen molar-refractivity contribution in [2.45, 2.75) is 39.2 Å². The summed E-state index contributed by atoms with van der Waals surface area (Å²) in [5.41, 5.74) is 4.24. The van der Waals surface area contributed by atoms with Crippen LogP contribution >= 0.6 is 0 Å². The number of hydrogen-bond donors (Lipinski definition) is 1. The van der Waals surface area contributed by atoms with Crippen LogP contribution in [-0.4, -0.2) is 36.3 Å². The highest BCUT2D eigenvalue weighted by molar-refractivity contribution is 5.95. The van der Waals surface area contributed by atoms with E-state index in [1.807, 2.05) is 29.2 Å². The van der Waals surface area contributed by atoms with Gasteiger partial charge >= 0.3 is 0 Å². The Balaban J connectivity index is 1.39. The fraction of sp³-hybridized carbons (Fsp3) is 0.417. The van der Waals surface area contributed by atoms with Gasteiger partial charge in [-0.05, 0) is 61.6 Å². The lowest BCUT2D eigenvalue weighted by Crippen LogP contribution is -2.40. The van der Waals surface area contributed by atoms with Crippen LogP contribution in [0.2, 0.25) is 0 Å². The maximum atomic E-state index is 12.9. The van der Waals surface area contributed by atoms with Gasteiger partial charge in [-0.25, -0.2) is 0 Å². The fourth-order valence-electron chi connectivity index (χ4n) is 4.50. The zero-order chi connectivity index (χ0) is 20.2. The quantitative estimate of drug-likeness (QED) is 0.862. The van der Waals surface area contributed by atoms with Gasteiger partial charge < -0.3 is 10.2 Å². The molecule has 2 aliphatic rings. The molecule has 1 fully saturated rings. The lowest BCUT2D eigenvalue weighted by Gasteiger charge is -2.32. The molecule has 1 N–H and O–H groups in total. The first-order chi connectivity index (χ1) is 14.1. The second kappa shape index (κ2) is 8.78. The molecular weight excluding hydrogens is 362 g/mol. The SMILES string of the molecule is CC(=O)N1CCCc2cc(NC(=O)[C@H]3CCCN(Cc4ccccc4)C3)ccc21. The number of aryl methyl sites for hydroxylation is 1. The van der Waals surface area contributed by atoms with Gasteiger partial charge in [0.2, 0.25) is 11.8 Å². The number of fused-ring (bicyclic) bond motifs is 1. The molecule has 1 saturated heterocycles. The molecule has 29 heavy (non-hydrogen) atoms. The molecule has 1 atom stereocenters. The molecule has 0 aromatic heterocycles. The molecular formula is C24H29N3O2. The number of nitrogens with zero attached hydrogens (tertiary/aromatic N) is 2. The van der Waals surface area contributed by atoms with E-state index in [-0.39, 0.29) is 17.7 Å². The Hall–Kier alpha value is -2.66. The zero-order valence-electron chi connectivity index (χ0n) is 17.1. The number of nitrogens with one attached hydrogen (secondary N) is 1. The number of anilines is 2. The minimum absolute atomic E-state index is 0.0113. The number of carbonyl (C=O) groups excluding carboxylic acids is 2. The molecule has 2 amide bonds. The third kappa shape index (κ3) is 4.67. The summed E-state index contributed by atoms with van der Waals surface area (Å²) in [7, 11) is 0. The van der Waals surface area contributed by atoms with Gasteiger partial charge in [-0.2, -0.15) is 0 Å². The summed E-state index contributed by atoms with van der Waals surface area (Å²) in [6.45, 7) is 5.11. The van der Waals surface area contributed by atoms with E-state index in [1.54, 1.807) is 6.92 Å². The number of piperidine rings is 1. The molecule has 0 unspecified atom stereocenters. The molecule has 4 rings (SSSR count). The van der Waals surface area contributed by atoms with Crippen LogP contribution in [0.1, 0.15) is 37.3 Å². The highest BCUT2D eigenvalue weighted by Crippen LogP contribution is 2.30. The maximum absolute atomic E-state index is 12.9. The number of amides is 2. The van der Waals surface area contributed by atoms with Crippen LogP contribution in [0, 0.1) is 5.92 Å². The molecule has 0 saturated carbocycles. The molecule has 5 nitrogen and oxygen atoms in total. The average Bonchev–Trinajstić information content (AvgIpc) is 2.74. The predicted octanol–water partition coefficient (Wildman–Crippen LogP) is 3.84. The molecule has 5 heteroatoms. The summed E-state index contributed by atoms with van der Waals surface area (Å²) >= 11 is 0. The number of carbonyl (C=O) groups is 2. The molecule has 2 aromatic rings. The second-order valence-electron chi connectivity index (χ2n) is 8.17. The summed E-state index contributed by atoms with van der Waals surface area (Å²) < 4.78 is 0. The van der Waals surface area contributed by atoms with Crippen molar-refractivity contribution in [1.82, 2.24) is 4.90 Å². The third-order valence-electron chi connectivity index (χ3n) is 5.97. The van der Waals surface area contributed by atoms with Crippen molar-refractivity contribution in [3.63, 3.8) is 0 Å². The van der Waals surface area contributed by atoms with Crippen molar-refractivity contribution < 1.29 is 9.59 Å². The first-order valence-electron chi connectivity index (χ1n) is 10.6. The van der Waals surface area contributed by atoms with Gasteiger partial charge in [-0.3, -0.25) is 14.5 Å². The summed E-state index contributed by atoms with van der Waals surface area (Å²) in [5.74, 6) is 0.183. The van der Waals surface area contributed by atoms with Gasteiger partial charge in [0.25, 0.3) is 0 Å². The second-order valence-corrected chi connectivity index (χ2v) is 8.17. The Morgan fingerprint density at radius 3 is 2.69 bits per heavy atom. The first-order valence-corrected chi connectivity index (χ1v) is 10.6.